The first-order valence-electron chi connectivity index (χ1n) is 7.56. The fraction of sp³-hybridized carbons (Fsp3) is 0.412. The van der Waals surface area contributed by atoms with Gasteiger partial charge in [-0.1, -0.05) is 26.0 Å². The van der Waals surface area contributed by atoms with Crippen molar-refractivity contribution in [1.29, 1.82) is 0 Å². The molecule has 1 amide bonds. The van der Waals surface area contributed by atoms with Crippen LogP contribution in [-0.4, -0.2) is 29.9 Å². The number of nitrogens with one attached hydrogen (secondary N) is 1. The number of methoxy groups -OCH3 is 2. The van der Waals surface area contributed by atoms with Crippen molar-refractivity contribution in [2.75, 3.05) is 19.5 Å². The van der Waals surface area contributed by atoms with Gasteiger partial charge in [0.15, 0.2) is 11.5 Å². The number of hydrogen-bond acceptors (Lipinski definition) is 4. The SMILES string of the molecule is COc1cccc(Cn2nccc2NC(=O)CC(C)C)c1OC. The lowest BCUT2D eigenvalue weighted by molar-refractivity contribution is -0.116. The van der Waals surface area contributed by atoms with Crippen molar-refractivity contribution in [2.45, 2.75) is 26.8 Å². The third-order valence-corrected chi connectivity index (χ3v) is 3.38. The molecule has 1 heterocycles. The molecular formula is C17H23N3O3. The van der Waals surface area contributed by atoms with Crippen molar-refractivity contribution in [3.63, 3.8) is 0 Å². The molecular weight excluding hydrogens is 294 g/mol. The van der Waals surface area contributed by atoms with E-state index in [4.69, 9.17) is 9.47 Å². The Hall–Kier alpha value is -2.50. The summed E-state index contributed by atoms with van der Waals surface area (Å²) >= 11 is 0. The molecule has 0 bridgehead atoms. The molecule has 0 unspecified atom stereocenters. The molecule has 6 nitrogen and oxygen atoms in total. The first-order chi connectivity index (χ1) is 11.0. The highest BCUT2D eigenvalue weighted by Crippen LogP contribution is 2.31. The van der Waals surface area contributed by atoms with Crippen molar-refractivity contribution in [3.8, 4) is 11.5 Å². The predicted molar refractivity (Wildman–Crippen MR) is 89.0 cm³/mol. The molecule has 1 N–H and O–H groups in total. The fourth-order valence-electron chi connectivity index (χ4n) is 2.37. The van der Waals surface area contributed by atoms with Gasteiger partial charge in [0.1, 0.15) is 5.82 Å². The summed E-state index contributed by atoms with van der Waals surface area (Å²) < 4.78 is 12.5. The zero-order chi connectivity index (χ0) is 16.8. The quantitative estimate of drug-likeness (QED) is 0.852. The highest BCUT2D eigenvalue weighted by Gasteiger charge is 2.13. The zero-order valence-electron chi connectivity index (χ0n) is 14.0. The van der Waals surface area contributed by atoms with Crippen LogP contribution >= 0.6 is 0 Å². The predicted octanol–water partition coefficient (Wildman–Crippen LogP) is 2.93. The molecule has 0 aliphatic heterocycles. The average Bonchev–Trinajstić information content (AvgIpc) is 2.93. The first-order valence-corrected chi connectivity index (χ1v) is 7.56. The molecule has 1 aromatic carbocycles. The minimum Gasteiger partial charge on any atom is -0.493 e. The van der Waals surface area contributed by atoms with Crippen LogP contribution in [0.25, 0.3) is 0 Å². The molecule has 0 aliphatic carbocycles. The molecule has 0 aliphatic rings. The number of para-hydroxylation sites is 1. The number of rotatable bonds is 7. The Morgan fingerprint density at radius 3 is 2.70 bits per heavy atom. The smallest absolute Gasteiger partial charge is 0.225 e. The molecule has 1 aromatic heterocycles. The van der Waals surface area contributed by atoms with Gasteiger partial charge >= 0.3 is 0 Å². The molecule has 0 fully saturated rings. The molecule has 0 saturated heterocycles. The summed E-state index contributed by atoms with van der Waals surface area (Å²) in [5.41, 5.74) is 0.926. The molecule has 0 radical (unpaired) electrons. The normalized spacial score (nSPS) is 10.7. The lowest BCUT2D eigenvalue weighted by Crippen LogP contribution is -2.17. The number of carbonyl (C=O) groups excluding carboxylic acids is 1. The number of nitrogens with zero attached hydrogens (tertiary/aromatic N) is 2. The van der Waals surface area contributed by atoms with Crippen LogP contribution < -0.4 is 14.8 Å². The number of benzene rings is 1. The molecule has 2 rings (SSSR count). The number of ether oxygens (including phenoxy) is 2. The summed E-state index contributed by atoms with van der Waals surface area (Å²) in [6, 6.07) is 7.47. The van der Waals surface area contributed by atoms with Crippen molar-refractivity contribution in [3.05, 3.63) is 36.0 Å². The van der Waals surface area contributed by atoms with Gasteiger partial charge in [0, 0.05) is 18.1 Å². The second-order valence-electron chi connectivity index (χ2n) is 5.67. The number of amides is 1. The number of hydrogen-bond donors (Lipinski definition) is 1. The highest BCUT2D eigenvalue weighted by atomic mass is 16.5. The van der Waals surface area contributed by atoms with Crippen LogP contribution in [0.1, 0.15) is 25.8 Å². The van der Waals surface area contributed by atoms with Gasteiger partial charge in [0.2, 0.25) is 5.91 Å². The van der Waals surface area contributed by atoms with E-state index < -0.39 is 0 Å². The van der Waals surface area contributed by atoms with Crippen LogP contribution in [-0.2, 0) is 11.3 Å². The maximum atomic E-state index is 12.0. The van der Waals surface area contributed by atoms with E-state index in [1.807, 2.05) is 32.0 Å². The molecule has 2 aromatic rings. The van der Waals surface area contributed by atoms with E-state index in [0.29, 0.717) is 36.2 Å². The summed E-state index contributed by atoms with van der Waals surface area (Å²) in [7, 11) is 3.21. The van der Waals surface area contributed by atoms with Gasteiger partial charge in [-0.3, -0.25) is 4.79 Å². The Morgan fingerprint density at radius 2 is 2.04 bits per heavy atom. The average molecular weight is 317 g/mol. The standard InChI is InChI=1S/C17H23N3O3/c1-12(2)10-16(21)19-15-8-9-18-20(15)11-13-6-5-7-14(22-3)17(13)23-4/h5-9,12H,10-11H2,1-4H3,(H,19,21). The van der Waals surface area contributed by atoms with E-state index in [1.54, 1.807) is 31.2 Å². The summed E-state index contributed by atoms with van der Waals surface area (Å²) in [4.78, 5) is 12.0. The monoisotopic (exact) mass is 317 g/mol. The van der Waals surface area contributed by atoms with Gasteiger partial charge < -0.3 is 14.8 Å². The van der Waals surface area contributed by atoms with Crippen molar-refractivity contribution in [2.24, 2.45) is 5.92 Å². The molecule has 0 saturated carbocycles. The van der Waals surface area contributed by atoms with Crippen LogP contribution in [0.4, 0.5) is 5.82 Å². The van der Waals surface area contributed by atoms with Crippen LogP contribution in [0.2, 0.25) is 0 Å². The topological polar surface area (TPSA) is 65.4 Å². The second kappa shape index (κ2) is 7.67. The zero-order valence-corrected chi connectivity index (χ0v) is 14.0. The Morgan fingerprint density at radius 1 is 1.26 bits per heavy atom. The largest absolute Gasteiger partial charge is 0.493 e. The van der Waals surface area contributed by atoms with E-state index in [1.165, 1.54) is 0 Å². The van der Waals surface area contributed by atoms with E-state index in [0.717, 1.165) is 5.56 Å². The van der Waals surface area contributed by atoms with Crippen molar-refractivity contribution < 1.29 is 14.3 Å². The first kappa shape index (κ1) is 16.9. The third kappa shape index (κ3) is 4.25. The van der Waals surface area contributed by atoms with E-state index >= 15 is 0 Å². The minimum absolute atomic E-state index is 0.0145. The van der Waals surface area contributed by atoms with Crippen molar-refractivity contribution in [1.82, 2.24) is 9.78 Å². The van der Waals surface area contributed by atoms with E-state index in [9.17, 15) is 4.79 Å². The van der Waals surface area contributed by atoms with Gasteiger partial charge in [-0.05, 0) is 12.0 Å². The minimum atomic E-state index is -0.0145. The molecule has 23 heavy (non-hydrogen) atoms. The molecule has 0 atom stereocenters. The van der Waals surface area contributed by atoms with Crippen molar-refractivity contribution >= 4 is 11.7 Å². The van der Waals surface area contributed by atoms with Gasteiger partial charge in [-0.2, -0.15) is 5.10 Å². The van der Waals surface area contributed by atoms with E-state index in [2.05, 4.69) is 10.4 Å². The van der Waals surface area contributed by atoms with Gasteiger partial charge in [0.05, 0.1) is 27.0 Å². The lowest BCUT2D eigenvalue weighted by atomic mass is 10.1. The van der Waals surface area contributed by atoms with E-state index in [-0.39, 0.29) is 5.91 Å². The maximum Gasteiger partial charge on any atom is 0.225 e. The Labute approximate surface area is 136 Å². The lowest BCUT2D eigenvalue weighted by Gasteiger charge is -2.14. The number of carbonyl (C=O) groups is 1. The van der Waals surface area contributed by atoms with Gasteiger partial charge in [-0.15, -0.1) is 0 Å². The summed E-state index contributed by atoms with van der Waals surface area (Å²) in [6.45, 7) is 4.50. The molecule has 0 spiro atoms. The molecule has 6 heteroatoms. The molecule has 124 valence electrons. The van der Waals surface area contributed by atoms with Gasteiger partial charge in [0.25, 0.3) is 0 Å². The summed E-state index contributed by atoms with van der Waals surface area (Å²) in [5.74, 6) is 2.30. The number of anilines is 1. The van der Waals surface area contributed by atoms with Gasteiger partial charge in [-0.25, -0.2) is 4.68 Å². The highest BCUT2D eigenvalue weighted by molar-refractivity contribution is 5.89. The van der Waals surface area contributed by atoms with Crippen LogP contribution in [0.5, 0.6) is 11.5 Å². The Kier molecular flexibility index (Phi) is 5.62. The Bertz CT molecular complexity index is 665. The second-order valence-corrected chi connectivity index (χ2v) is 5.67. The Balaban J connectivity index is 2.19. The fourth-order valence-corrected chi connectivity index (χ4v) is 2.37. The third-order valence-electron chi connectivity index (χ3n) is 3.38. The maximum absolute atomic E-state index is 12.0. The van der Waals surface area contributed by atoms with Crippen LogP contribution in [0, 0.1) is 5.92 Å². The summed E-state index contributed by atoms with van der Waals surface area (Å²) in [5, 5.41) is 7.18. The summed E-state index contributed by atoms with van der Waals surface area (Å²) in [6.07, 6.45) is 2.14. The van der Waals surface area contributed by atoms with Crippen LogP contribution in [0.3, 0.4) is 0 Å². The van der Waals surface area contributed by atoms with Crippen LogP contribution in [0.15, 0.2) is 30.5 Å². The number of aromatic nitrogens is 2.